The lowest BCUT2D eigenvalue weighted by atomic mass is 10.1. The third-order valence-electron chi connectivity index (χ3n) is 2.51. The number of para-hydroxylation sites is 1. The Morgan fingerprint density at radius 2 is 1.71 bits per heavy atom. The monoisotopic (exact) mass is 226 g/mol. The Balaban J connectivity index is 2.28. The van der Waals surface area contributed by atoms with Gasteiger partial charge in [0.1, 0.15) is 0 Å². The van der Waals surface area contributed by atoms with E-state index in [0.29, 0.717) is 5.75 Å². The van der Waals surface area contributed by atoms with Crippen molar-refractivity contribution >= 4 is 12.2 Å². The summed E-state index contributed by atoms with van der Waals surface area (Å²) in [7, 11) is 1.54. The van der Waals surface area contributed by atoms with Crippen molar-refractivity contribution in [1.29, 1.82) is 0 Å². The fourth-order valence-electron chi connectivity index (χ4n) is 1.59. The van der Waals surface area contributed by atoms with Crippen molar-refractivity contribution < 1.29 is 9.84 Å². The van der Waals surface area contributed by atoms with Gasteiger partial charge in [-0.25, -0.2) is 0 Å². The second-order valence-corrected chi connectivity index (χ2v) is 3.64. The maximum absolute atomic E-state index is 9.89. The van der Waals surface area contributed by atoms with Gasteiger partial charge in [0.2, 0.25) is 0 Å². The molecule has 0 saturated heterocycles. The molecule has 2 aromatic rings. The van der Waals surface area contributed by atoms with Gasteiger partial charge in [0.15, 0.2) is 11.5 Å². The van der Waals surface area contributed by atoms with Crippen LogP contribution >= 0.6 is 0 Å². The summed E-state index contributed by atoms with van der Waals surface area (Å²) in [6.45, 7) is 0. The number of aromatic hydroxyl groups is 1. The molecule has 86 valence electrons. The summed E-state index contributed by atoms with van der Waals surface area (Å²) in [4.78, 5) is 0. The van der Waals surface area contributed by atoms with E-state index >= 15 is 0 Å². The number of phenolic OH excluding ortho intramolecular Hbond substituents is 1. The van der Waals surface area contributed by atoms with Crippen molar-refractivity contribution in [3.8, 4) is 11.5 Å². The molecule has 0 spiro atoms. The largest absolute Gasteiger partial charge is 0.504 e. The van der Waals surface area contributed by atoms with E-state index in [1.54, 1.807) is 13.2 Å². The van der Waals surface area contributed by atoms with Crippen LogP contribution < -0.4 is 4.74 Å². The van der Waals surface area contributed by atoms with Crippen LogP contribution in [-0.4, -0.2) is 12.2 Å². The van der Waals surface area contributed by atoms with Crippen LogP contribution in [0.5, 0.6) is 11.5 Å². The highest BCUT2D eigenvalue weighted by atomic mass is 16.5. The zero-order chi connectivity index (χ0) is 12.1. The molecule has 0 aromatic heterocycles. The van der Waals surface area contributed by atoms with Crippen LogP contribution in [0.2, 0.25) is 0 Å². The fourth-order valence-corrected chi connectivity index (χ4v) is 1.59. The minimum absolute atomic E-state index is 0.169. The average Bonchev–Trinajstić information content (AvgIpc) is 2.39. The van der Waals surface area contributed by atoms with Gasteiger partial charge in [0.05, 0.1) is 7.11 Å². The van der Waals surface area contributed by atoms with Crippen LogP contribution in [-0.2, 0) is 0 Å². The number of rotatable bonds is 3. The number of methoxy groups -OCH3 is 1. The molecular formula is C15H14O2. The third kappa shape index (κ3) is 2.67. The van der Waals surface area contributed by atoms with Crippen LogP contribution in [0.4, 0.5) is 0 Å². The highest BCUT2D eigenvalue weighted by Crippen LogP contribution is 2.30. The van der Waals surface area contributed by atoms with E-state index in [4.69, 9.17) is 4.74 Å². The molecule has 0 radical (unpaired) electrons. The van der Waals surface area contributed by atoms with Crippen LogP contribution in [0.25, 0.3) is 12.2 Å². The van der Waals surface area contributed by atoms with Crippen molar-refractivity contribution in [2.45, 2.75) is 0 Å². The molecule has 0 aliphatic carbocycles. The summed E-state index contributed by atoms with van der Waals surface area (Å²) < 4.78 is 5.05. The molecule has 1 N–H and O–H groups in total. The van der Waals surface area contributed by atoms with Crippen LogP contribution in [0.3, 0.4) is 0 Å². The quantitative estimate of drug-likeness (QED) is 0.811. The van der Waals surface area contributed by atoms with E-state index in [-0.39, 0.29) is 5.75 Å². The van der Waals surface area contributed by atoms with Gasteiger partial charge in [-0.05, 0) is 11.6 Å². The number of benzene rings is 2. The molecule has 0 unspecified atom stereocenters. The zero-order valence-electron chi connectivity index (χ0n) is 9.63. The molecule has 0 heterocycles. The summed E-state index contributed by atoms with van der Waals surface area (Å²) in [6, 6.07) is 15.4. The van der Waals surface area contributed by atoms with Crippen molar-refractivity contribution in [2.75, 3.05) is 7.11 Å². The molecule has 2 aromatic carbocycles. The molecule has 0 atom stereocenters. The molecule has 0 amide bonds. The fraction of sp³-hybridized carbons (Fsp3) is 0.0667. The Morgan fingerprint density at radius 1 is 0.941 bits per heavy atom. The summed E-state index contributed by atoms with van der Waals surface area (Å²) in [5, 5.41) is 9.89. The first-order chi connectivity index (χ1) is 8.31. The molecule has 2 heteroatoms. The topological polar surface area (TPSA) is 29.5 Å². The number of ether oxygens (including phenoxy) is 1. The van der Waals surface area contributed by atoms with Gasteiger partial charge in [0, 0.05) is 5.56 Å². The lowest BCUT2D eigenvalue weighted by Crippen LogP contribution is -1.84. The smallest absolute Gasteiger partial charge is 0.165 e. The SMILES string of the molecule is COc1cccc(C=Cc2ccccc2)c1O. The highest BCUT2D eigenvalue weighted by molar-refractivity contribution is 5.73. The first-order valence-electron chi connectivity index (χ1n) is 5.40. The number of phenols is 1. The summed E-state index contributed by atoms with van der Waals surface area (Å²) in [5.41, 5.74) is 1.84. The van der Waals surface area contributed by atoms with Gasteiger partial charge in [0.25, 0.3) is 0 Å². The Labute approximate surface area is 101 Å². The van der Waals surface area contributed by atoms with Crippen molar-refractivity contribution in [2.24, 2.45) is 0 Å². The van der Waals surface area contributed by atoms with E-state index in [9.17, 15) is 5.11 Å². The highest BCUT2D eigenvalue weighted by Gasteiger charge is 2.03. The maximum atomic E-state index is 9.89. The van der Waals surface area contributed by atoms with Gasteiger partial charge in [-0.15, -0.1) is 0 Å². The second kappa shape index (κ2) is 5.21. The first kappa shape index (κ1) is 11.3. The van der Waals surface area contributed by atoms with Gasteiger partial charge in [-0.3, -0.25) is 0 Å². The lowest BCUT2D eigenvalue weighted by Gasteiger charge is -2.05. The Bertz CT molecular complexity index is 516. The predicted molar refractivity (Wildman–Crippen MR) is 70.0 cm³/mol. The van der Waals surface area contributed by atoms with E-state index < -0.39 is 0 Å². The predicted octanol–water partition coefficient (Wildman–Crippen LogP) is 3.57. The Morgan fingerprint density at radius 3 is 2.41 bits per heavy atom. The van der Waals surface area contributed by atoms with Crippen LogP contribution in [0, 0.1) is 0 Å². The van der Waals surface area contributed by atoms with E-state index in [1.807, 2.05) is 54.6 Å². The lowest BCUT2D eigenvalue weighted by molar-refractivity contribution is 0.373. The third-order valence-corrected chi connectivity index (χ3v) is 2.51. The maximum Gasteiger partial charge on any atom is 0.165 e. The van der Waals surface area contributed by atoms with Gasteiger partial charge >= 0.3 is 0 Å². The van der Waals surface area contributed by atoms with Crippen molar-refractivity contribution in [3.05, 3.63) is 59.7 Å². The van der Waals surface area contributed by atoms with Crippen LogP contribution in [0.1, 0.15) is 11.1 Å². The Kier molecular flexibility index (Phi) is 3.46. The molecule has 0 saturated carbocycles. The summed E-state index contributed by atoms with van der Waals surface area (Å²) >= 11 is 0. The summed E-state index contributed by atoms with van der Waals surface area (Å²) in [6.07, 6.45) is 3.82. The first-order valence-corrected chi connectivity index (χ1v) is 5.40. The normalized spacial score (nSPS) is 10.6. The Hall–Kier alpha value is -2.22. The molecule has 0 bridgehead atoms. The standard InChI is InChI=1S/C15H14O2/c1-17-14-9-5-8-13(15(14)16)11-10-12-6-3-2-4-7-12/h2-11,16H,1H3. The molecule has 2 rings (SSSR count). The van der Waals surface area contributed by atoms with E-state index in [0.717, 1.165) is 11.1 Å². The summed E-state index contributed by atoms with van der Waals surface area (Å²) in [5.74, 6) is 0.655. The average molecular weight is 226 g/mol. The van der Waals surface area contributed by atoms with Gasteiger partial charge in [-0.2, -0.15) is 0 Å². The van der Waals surface area contributed by atoms with Gasteiger partial charge in [-0.1, -0.05) is 54.6 Å². The molecule has 0 aliphatic heterocycles. The second-order valence-electron chi connectivity index (χ2n) is 3.64. The zero-order valence-corrected chi connectivity index (χ0v) is 9.63. The minimum atomic E-state index is 0.169. The molecule has 2 nitrogen and oxygen atoms in total. The van der Waals surface area contributed by atoms with Crippen molar-refractivity contribution in [3.63, 3.8) is 0 Å². The van der Waals surface area contributed by atoms with Crippen LogP contribution in [0.15, 0.2) is 48.5 Å². The van der Waals surface area contributed by atoms with Crippen molar-refractivity contribution in [1.82, 2.24) is 0 Å². The molecule has 17 heavy (non-hydrogen) atoms. The number of hydrogen-bond acceptors (Lipinski definition) is 2. The van der Waals surface area contributed by atoms with E-state index in [1.165, 1.54) is 0 Å². The molecule has 0 fully saturated rings. The van der Waals surface area contributed by atoms with Gasteiger partial charge < -0.3 is 9.84 Å². The molecular weight excluding hydrogens is 212 g/mol. The van der Waals surface area contributed by atoms with E-state index in [2.05, 4.69) is 0 Å². The molecule has 0 aliphatic rings. The minimum Gasteiger partial charge on any atom is -0.504 e. The number of hydrogen-bond donors (Lipinski definition) is 1.